The van der Waals surface area contributed by atoms with Crippen molar-refractivity contribution in [2.24, 2.45) is 0 Å². The molecule has 1 aliphatic heterocycles. The number of rotatable bonds is 4. The molecule has 1 aromatic heterocycles. The van der Waals surface area contributed by atoms with Crippen molar-refractivity contribution < 1.29 is 14.4 Å². The Balaban J connectivity index is 1.78. The summed E-state index contributed by atoms with van der Waals surface area (Å²) < 4.78 is 14.1. The minimum Gasteiger partial charge on any atom is -0.399 e. The molecule has 0 amide bonds. The molecule has 1 fully saturated rings. The van der Waals surface area contributed by atoms with Gasteiger partial charge in [0, 0.05) is 17.9 Å². The van der Waals surface area contributed by atoms with Crippen LogP contribution in [-0.4, -0.2) is 33.2 Å². The molecule has 5 nitrogen and oxygen atoms in total. The Bertz CT molecular complexity index is 693. The van der Waals surface area contributed by atoms with Gasteiger partial charge >= 0.3 is 7.12 Å². The van der Waals surface area contributed by atoms with E-state index in [-0.39, 0.29) is 23.9 Å². The lowest BCUT2D eigenvalue weighted by atomic mass is 9.82. The van der Waals surface area contributed by atoms with Crippen molar-refractivity contribution in [3.63, 3.8) is 0 Å². The van der Waals surface area contributed by atoms with Crippen molar-refractivity contribution in [1.29, 1.82) is 0 Å². The van der Waals surface area contributed by atoms with E-state index in [1.54, 1.807) is 6.20 Å². The van der Waals surface area contributed by atoms with Crippen LogP contribution in [0, 0.1) is 0 Å². The van der Waals surface area contributed by atoms with Gasteiger partial charge in [0.15, 0.2) is 0 Å². The second kappa shape index (κ2) is 6.03. The summed E-state index contributed by atoms with van der Waals surface area (Å²) >= 11 is 0. The van der Waals surface area contributed by atoms with E-state index in [1.807, 2.05) is 62.8 Å². The summed E-state index contributed by atoms with van der Waals surface area (Å²) in [6, 6.07) is 8.00. The molecule has 0 bridgehead atoms. The molecule has 1 saturated heterocycles. The average Bonchev–Trinajstić information content (AvgIpc) is 3.10. The van der Waals surface area contributed by atoms with E-state index < -0.39 is 7.12 Å². The first kappa shape index (κ1) is 17.2. The molecule has 0 spiro atoms. The molecule has 2 aromatic rings. The summed E-state index contributed by atoms with van der Waals surface area (Å²) in [6.45, 7) is 10.3. The number of hydrogen-bond acceptors (Lipinski definition) is 4. The number of aromatic nitrogens is 2. The molecule has 0 saturated carbocycles. The van der Waals surface area contributed by atoms with E-state index in [9.17, 15) is 0 Å². The molecular formula is C18H25BN2O3. The molecule has 1 N–H and O–H groups in total. The van der Waals surface area contributed by atoms with Crippen LogP contribution in [0.25, 0.3) is 0 Å². The Hall–Kier alpha value is -1.63. The second-order valence-corrected chi connectivity index (χ2v) is 7.42. The largest absolute Gasteiger partial charge is 0.498 e. The Labute approximate surface area is 143 Å². The smallest absolute Gasteiger partial charge is 0.399 e. The zero-order valence-corrected chi connectivity index (χ0v) is 15.0. The van der Waals surface area contributed by atoms with Crippen LogP contribution in [0.4, 0.5) is 0 Å². The maximum Gasteiger partial charge on any atom is 0.498 e. The fourth-order valence-electron chi connectivity index (χ4n) is 2.72. The van der Waals surface area contributed by atoms with Crippen LogP contribution < -0.4 is 5.46 Å². The molecule has 1 aromatic carbocycles. The molecule has 24 heavy (non-hydrogen) atoms. The molecule has 3 rings (SSSR count). The maximum atomic E-state index is 9.15. The SMILES string of the molecule is CC(c1ccc(CO)cc1)n1cc(B2OC(C)(C)C(C)(C)O2)cn1. The van der Waals surface area contributed by atoms with Gasteiger partial charge in [-0.05, 0) is 45.7 Å². The first-order chi connectivity index (χ1) is 11.2. The molecular weight excluding hydrogens is 303 g/mol. The van der Waals surface area contributed by atoms with E-state index in [0.29, 0.717) is 0 Å². The third-order valence-corrected chi connectivity index (χ3v) is 5.19. The van der Waals surface area contributed by atoms with Gasteiger partial charge < -0.3 is 14.4 Å². The summed E-state index contributed by atoms with van der Waals surface area (Å²) in [6.07, 6.45) is 3.79. The quantitative estimate of drug-likeness (QED) is 0.875. The third kappa shape index (κ3) is 3.01. The number of hydrogen-bond donors (Lipinski definition) is 1. The van der Waals surface area contributed by atoms with E-state index in [0.717, 1.165) is 16.6 Å². The summed E-state index contributed by atoms with van der Waals surface area (Å²) in [5.74, 6) is 0. The topological polar surface area (TPSA) is 56.5 Å². The van der Waals surface area contributed by atoms with Gasteiger partial charge in [0.05, 0.1) is 23.9 Å². The molecule has 0 aliphatic carbocycles. The molecule has 1 aliphatic rings. The average molecular weight is 328 g/mol. The number of benzene rings is 1. The first-order valence-corrected chi connectivity index (χ1v) is 8.33. The zero-order valence-electron chi connectivity index (χ0n) is 15.0. The molecule has 1 unspecified atom stereocenters. The zero-order chi connectivity index (χ0) is 17.5. The van der Waals surface area contributed by atoms with E-state index in [1.165, 1.54) is 0 Å². The number of aliphatic hydroxyl groups is 1. The van der Waals surface area contributed by atoms with E-state index >= 15 is 0 Å². The maximum absolute atomic E-state index is 9.15. The van der Waals surface area contributed by atoms with Crippen LogP contribution in [0.3, 0.4) is 0 Å². The van der Waals surface area contributed by atoms with E-state index in [2.05, 4.69) is 12.0 Å². The van der Waals surface area contributed by atoms with Gasteiger partial charge in [-0.3, -0.25) is 4.68 Å². The van der Waals surface area contributed by atoms with Gasteiger partial charge in [-0.15, -0.1) is 0 Å². The highest BCUT2D eigenvalue weighted by molar-refractivity contribution is 6.62. The predicted molar refractivity (Wildman–Crippen MR) is 94.1 cm³/mol. The van der Waals surface area contributed by atoms with Crippen molar-refractivity contribution >= 4 is 12.6 Å². The highest BCUT2D eigenvalue weighted by atomic mass is 16.7. The second-order valence-electron chi connectivity index (χ2n) is 7.42. The fourth-order valence-corrected chi connectivity index (χ4v) is 2.72. The van der Waals surface area contributed by atoms with Gasteiger partial charge in [0.1, 0.15) is 0 Å². The van der Waals surface area contributed by atoms with Crippen LogP contribution >= 0.6 is 0 Å². The summed E-state index contributed by atoms with van der Waals surface area (Å²) in [5.41, 5.74) is 2.25. The Kier molecular flexibility index (Phi) is 4.32. The summed E-state index contributed by atoms with van der Waals surface area (Å²) in [7, 11) is -0.396. The van der Waals surface area contributed by atoms with Gasteiger partial charge in [-0.1, -0.05) is 24.3 Å². The van der Waals surface area contributed by atoms with Gasteiger partial charge in [-0.25, -0.2) is 0 Å². The Morgan fingerprint density at radius 1 is 1.12 bits per heavy atom. The van der Waals surface area contributed by atoms with Crippen LogP contribution in [0.5, 0.6) is 0 Å². The predicted octanol–water partition coefficient (Wildman–Crippen LogP) is 2.28. The Morgan fingerprint density at radius 3 is 2.25 bits per heavy atom. The lowest BCUT2D eigenvalue weighted by molar-refractivity contribution is 0.00578. The van der Waals surface area contributed by atoms with Crippen LogP contribution in [0.15, 0.2) is 36.7 Å². The van der Waals surface area contributed by atoms with Crippen LogP contribution in [-0.2, 0) is 15.9 Å². The highest BCUT2D eigenvalue weighted by Gasteiger charge is 2.52. The molecule has 6 heteroatoms. The van der Waals surface area contributed by atoms with Gasteiger partial charge in [-0.2, -0.15) is 5.10 Å². The van der Waals surface area contributed by atoms with Crippen molar-refractivity contribution in [2.75, 3.05) is 0 Å². The minimum absolute atomic E-state index is 0.0580. The highest BCUT2D eigenvalue weighted by Crippen LogP contribution is 2.36. The number of aliphatic hydroxyl groups excluding tert-OH is 1. The summed E-state index contributed by atoms with van der Waals surface area (Å²) in [5, 5.41) is 13.6. The molecule has 1 atom stereocenters. The number of nitrogens with zero attached hydrogens (tertiary/aromatic N) is 2. The first-order valence-electron chi connectivity index (χ1n) is 8.33. The van der Waals surface area contributed by atoms with Crippen LogP contribution in [0.2, 0.25) is 0 Å². The monoisotopic (exact) mass is 328 g/mol. The molecule has 2 heterocycles. The van der Waals surface area contributed by atoms with Crippen molar-refractivity contribution in [2.45, 2.75) is 58.5 Å². The molecule has 0 radical (unpaired) electrons. The van der Waals surface area contributed by atoms with Gasteiger partial charge in [0.25, 0.3) is 0 Å². The summed E-state index contributed by atoms with van der Waals surface area (Å²) in [4.78, 5) is 0. The fraction of sp³-hybridized carbons (Fsp3) is 0.500. The van der Waals surface area contributed by atoms with Crippen molar-refractivity contribution in [3.8, 4) is 0 Å². The Morgan fingerprint density at radius 2 is 1.71 bits per heavy atom. The standard InChI is InChI=1S/C18H25BN2O3/c1-13(15-8-6-14(12-22)7-9-15)21-11-16(10-20-21)19-23-17(2,3)18(4,5)24-19/h6-11,13,22H,12H2,1-5H3. The van der Waals surface area contributed by atoms with Crippen LogP contribution in [0.1, 0.15) is 51.8 Å². The van der Waals surface area contributed by atoms with Crippen molar-refractivity contribution in [1.82, 2.24) is 9.78 Å². The van der Waals surface area contributed by atoms with Gasteiger partial charge in [0.2, 0.25) is 0 Å². The lowest BCUT2D eigenvalue weighted by Crippen LogP contribution is -2.41. The minimum atomic E-state index is -0.396. The van der Waals surface area contributed by atoms with E-state index in [4.69, 9.17) is 14.4 Å². The van der Waals surface area contributed by atoms with Crippen molar-refractivity contribution in [3.05, 3.63) is 47.8 Å². The lowest BCUT2D eigenvalue weighted by Gasteiger charge is -2.32. The normalized spacial score (nSPS) is 20.3. The third-order valence-electron chi connectivity index (χ3n) is 5.19. The molecule has 128 valence electrons.